The van der Waals surface area contributed by atoms with Crippen molar-refractivity contribution in [2.24, 2.45) is 0 Å². The topological polar surface area (TPSA) is 26.3 Å². The van der Waals surface area contributed by atoms with Crippen LogP contribution >= 0.6 is 0 Å². The molecule has 0 saturated heterocycles. The first-order valence-electron chi connectivity index (χ1n) is 3.60. The van der Waals surface area contributed by atoms with E-state index in [2.05, 4.69) is 6.92 Å². The molecule has 0 aromatic carbocycles. The third-order valence-corrected chi connectivity index (χ3v) is 1.60. The quantitative estimate of drug-likeness (QED) is 0.378. The van der Waals surface area contributed by atoms with E-state index in [1.807, 2.05) is 6.08 Å². The van der Waals surface area contributed by atoms with E-state index in [9.17, 15) is 4.79 Å². The summed E-state index contributed by atoms with van der Waals surface area (Å²) in [7, 11) is 0. The fraction of sp³-hybridized carbons (Fsp3) is 0.625. The average Bonchev–Trinajstić information content (AvgIpc) is 1.90. The summed E-state index contributed by atoms with van der Waals surface area (Å²) >= 11 is 0. The molecular weight excluding hydrogens is 128 g/mol. The van der Waals surface area contributed by atoms with Crippen LogP contribution in [0.25, 0.3) is 0 Å². The van der Waals surface area contributed by atoms with Crippen LogP contribution in [0.15, 0.2) is 11.6 Å². The Hall–Kier alpha value is -0.790. The van der Waals surface area contributed by atoms with Gasteiger partial charge in [0.1, 0.15) is 0 Å². The zero-order chi connectivity index (χ0) is 7.40. The first-order chi connectivity index (χ1) is 4.79. The maximum atomic E-state index is 10.7. The summed E-state index contributed by atoms with van der Waals surface area (Å²) in [6, 6.07) is 0. The van der Waals surface area contributed by atoms with Gasteiger partial charge >= 0.3 is 5.97 Å². The summed E-state index contributed by atoms with van der Waals surface area (Å²) in [5, 5.41) is 0. The number of hydrogen-bond acceptors (Lipinski definition) is 2. The highest BCUT2D eigenvalue weighted by atomic mass is 16.5. The Bertz CT molecular complexity index is 159. The fourth-order valence-electron chi connectivity index (χ4n) is 0.956. The molecular formula is C8H12O2. The molecule has 0 saturated carbocycles. The van der Waals surface area contributed by atoms with Gasteiger partial charge in [0.2, 0.25) is 0 Å². The number of cyclic esters (lactones) is 1. The van der Waals surface area contributed by atoms with E-state index >= 15 is 0 Å². The van der Waals surface area contributed by atoms with Crippen LogP contribution < -0.4 is 0 Å². The molecule has 0 amide bonds. The van der Waals surface area contributed by atoms with Crippen molar-refractivity contribution >= 4 is 5.97 Å². The van der Waals surface area contributed by atoms with Crippen molar-refractivity contribution < 1.29 is 9.53 Å². The maximum Gasteiger partial charge on any atom is 0.309 e. The summed E-state index contributed by atoms with van der Waals surface area (Å²) in [6.45, 7) is 2.64. The molecule has 1 aliphatic heterocycles. The maximum absolute atomic E-state index is 10.7. The predicted octanol–water partition coefficient (Wildman–Crippen LogP) is 1.66. The lowest BCUT2D eigenvalue weighted by atomic mass is 10.1. The summed E-state index contributed by atoms with van der Waals surface area (Å²) in [6.07, 6.45) is 4.43. The van der Waals surface area contributed by atoms with Gasteiger partial charge in [-0.3, -0.25) is 4.79 Å². The van der Waals surface area contributed by atoms with Crippen LogP contribution in [0.4, 0.5) is 0 Å². The van der Waals surface area contributed by atoms with Gasteiger partial charge < -0.3 is 4.74 Å². The number of rotatable bonds is 0. The lowest BCUT2D eigenvalue weighted by molar-refractivity contribution is -0.142. The molecule has 0 fully saturated rings. The molecule has 10 heavy (non-hydrogen) atoms. The van der Waals surface area contributed by atoms with Crippen molar-refractivity contribution in [1.82, 2.24) is 0 Å². The molecule has 0 aliphatic carbocycles. The van der Waals surface area contributed by atoms with Crippen molar-refractivity contribution in [3.05, 3.63) is 11.6 Å². The van der Waals surface area contributed by atoms with Crippen molar-refractivity contribution in [2.45, 2.75) is 26.2 Å². The molecule has 1 rings (SSSR count). The Morgan fingerprint density at radius 3 is 3.20 bits per heavy atom. The van der Waals surface area contributed by atoms with E-state index in [4.69, 9.17) is 4.74 Å². The summed E-state index contributed by atoms with van der Waals surface area (Å²) in [5.74, 6) is -0.0981. The van der Waals surface area contributed by atoms with Crippen LogP contribution in [0.2, 0.25) is 0 Å². The Kier molecular flexibility index (Phi) is 2.49. The minimum atomic E-state index is -0.0981. The smallest absolute Gasteiger partial charge is 0.309 e. The Balaban J connectivity index is 2.49. The molecule has 1 aliphatic rings. The van der Waals surface area contributed by atoms with Gasteiger partial charge in [-0.25, -0.2) is 0 Å². The van der Waals surface area contributed by atoms with Gasteiger partial charge in [-0.15, -0.1) is 0 Å². The lowest BCUT2D eigenvalue weighted by Crippen LogP contribution is -2.06. The van der Waals surface area contributed by atoms with E-state index in [1.165, 1.54) is 5.57 Å². The van der Waals surface area contributed by atoms with Gasteiger partial charge in [0.15, 0.2) is 0 Å². The highest BCUT2D eigenvalue weighted by molar-refractivity contribution is 5.71. The van der Waals surface area contributed by atoms with Crippen molar-refractivity contribution in [3.8, 4) is 0 Å². The number of carbonyl (C=O) groups is 1. The molecule has 56 valence electrons. The van der Waals surface area contributed by atoms with Crippen LogP contribution in [-0.2, 0) is 9.53 Å². The van der Waals surface area contributed by atoms with Crippen LogP contribution in [0.5, 0.6) is 0 Å². The van der Waals surface area contributed by atoms with Crippen LogP contribution in [0.3, 0.4) is 0 Å². The minimum absolute atomic E-state index is 0.0981. The van der Waals surface area contributed by atoms with Crippen LogP contribution in [0.1, 0.15) is 26.2 Å². The summed E-state index contributed by atoms with van der Waals surface area (Å²) < 4.78 is 4.85. The zero-order valence-electron chi connectivity index (χ0n) is 6.22. The monoisotopic (exact) mass is 140 g/mol. The Labute approximate surface area is 60.9 Å². The number of ether oxygens (including phenoxy) is 1. The van der Waals surface area contributed by atoms with E-state index in [0.29, 0.717) is 13.0 Å². The van der Waals surface area contributed by atoms with Crippen molar-refractivity contribution in [2.75, 3.05) is 6.61 Å². The summed E-state index contributed by atoms with van der Waals surface area (Å²) in [5.41, 5.74) is 1.30. The molecule has 0 unspecified atom stereocenters. The predicted molar refractivity (Wildman–Crippen MR) is 38.6 cm³/mol. The first-order valence-corrected chi connectivity index (χ1v) is 3.60. The van der Waals surface area contributed by atoms with Gasteiger partial charge in [0.25, 0.3) is 0 Å². The van der Waals surface area contributed by atoms with E-state index < -0.39 is 0 Å². The summed E-state index contributed by atoms with van der Waals surface area (Å²) in [4.78, 5) is 10.7. The second-order valence-electron chi connectivity index (χ2n) is 2.58. The SMILES string of the molecule is C/C1=C/CC(=O)OCCC1. The van der Waals surface area contributed by atoms with Crippen molar-refractivity contribution in [1.29, 1.82) is 0 Å². The highest BCUT2D eigenvalue weighted by Crippen LogP contribution is 2.08. The van der Waals surface area contributed by atoms with Crippen LogP contribution in [0, 0.1) is 0 Å². The molecule has 0 aromatic heterocycles. The van der Waals surface area contributed by atoms with Gasteiger partial charge in [-0.2, -0.15) is 0 Å². The molecule has 0 bridgehead atoms. The third-order valence-electron chi connectivity index (χ3n) is 1.60. The Morgan fingerprint density at radius 1 is 1.60 bits per heavy atom. The first kappa shape index (κ1) is 7.32. The minimum Gasteiger partial charge on any atom is -0.465 e. The fourth-order valence-corrected chi connectivity index (χ4v) is 0.956. The van der Waals surface area contributed by atoms with Gasteiger partial charge in [0, 0.05) is 0 Å². The molecule has 2 nitrogen and oxygen atoms in total. The molecule has 0 aromatic rings. The van der Waals surface area contributed by atoms with Crippen molar-refractivity contribution in [3.63, 3.8) is 0 Å². The van der Waals surface area contributed by atoms with E-state index in [1.54, 1.807) is 0 Å². The second kappa shape index (κ2) is 3.40. The van der Waals surface area contributed by atoms with Gasteiger partial charge in [-0.05, 0) is 19.8 Å². The van der Waals surface area contributed by atoms with Gasteiger partial charge in [-0.1, -0.05) is 11.6 Å². The number of carbonyl (C=O) groups excluding carboxylic acids is 1. The van der Waals surface area contributed by atoms with E-state index in [-0.39, 0.29) is 5.97 Å². The third kappa shape index (κ3) is 2.21. The van der Waals surface area contributed by atoms with Gasteiger partial charge in [0.05, 0.1) is 13.0 Å². The Morgan fingerprint density at radius 2 is 2.40 bits per heavy atom. The molecule has 2 heteroatoms. The normalized spacial score (nSPS) is 25.7. The molecule has 0 atom stereocenters. The average molecular weight is 140 g/mol. The molecule has 0 N–H and O–H groups in total. The zero-order valence-corrected chi connectivity index (χ0v) is 6.22. The standard InChI is InChI=1S/C8H12O2/c1-7-3-2-6-10-8(9)5-4-7/h4H,2-3,5-6H2,1H3/b7-4-. The highest BCUT2D eigenvalue weighted by Gasteiger charge is 2.03. The molecule has 0 radical (unpaired) electrons. The largest absolute Gasteiger partial charge is 0.465 e. The second-order valence-corrected chi connectivity index (χ2v) is 2.58. The molecule has 0 spiro atoms. The molecule has 1 heterocycles. The number of hydrogen-bond donors (Lipinski definition) is 0. The number of allylic oxidation sites excluding steroid dienone is 1. The van der Waals surface area contributed by atoms with E-state index in [0.717, 1.165) is 12.8 Å². The lowest BCUT2D eigenvalue weighted by Gasteiger charge is -2.07. The number of esters is 1. The van der Waals surface area contributed by atoms with Crippen LogP contribution in [-0.4, -0.2) is 12.6 Å².